The van der Waals surface area contributed by atoms with Crippen LogP contribution in [0.2, 0.25) is 0 Å². The molecule has 1 N–H and O–H groups in total. The highest BCUT2D eigenvalue weighted by molar-refractivity contribution is 9.10. The Morgan fingerprint density at radius 2 is 2.14 bits per heavy atom. The number of hydrogen-bond acceptors (Lipinski definition) is 3. The van der Waals surface area contributed by atoms with Gasteiger partial charge in [0.05, 0.1) is 24.8 Å². The third kappa shape index (κ3) is 2.39. The van der Waals surface area contributed by atoms with Gasteiger partial charge in [-0.2, -0.15) is 0 Å². The van der Waals surface area contributed by atoms with Crippen LogP contribution in [-0.2, 0) is 6.61 Å². The van der Waals surface area contributed by atoms with Crippen LogP contribution >= 0.6 is 15.9 Å². The van der Waals surface area contributed by atoms with Gasteiger partial charge < -0.3 is 14.6 Å². The van der Waals surface area contributed by atoms with E-state index >= 15 is 0 Å². The fraction of sp³-hybridized carbons (Fsp3) is 0.400. The molecule has 14 heavy (non-hydrogen) atoms. The van der Waals surface area contributed by atoms with Gasteiger partial charge in [0.25, 0.3) is 0 Å². The van der Waals surface area contributed by atoms with Crippen molar-refractivity contribution in [2.24, 2.45) is 0 Å². The summed E-state index contributed by atoms with van der Waals surface area (Å²) in [6.45, 7) is 2.46. The SMILES string of the molecule is CCOc1cc(CO)cc(Br)c1OC. The summed E-state index contributed by atoms with van der Waals surface area (Å²) in [7, 11) is 1.58. The highest BCUT2D eigenvalue weighted by Crippen LogP contribution is 2.36. The van der Waals surface area contributed by atoms with Crippen molar-refractivity contribution in [3.63, 3.8) is 0 Å². The van der Waals surface area contributed by atoms with Gasteiger partial charge in [-0.1, -0.05) is 0 Å². The van der Waals surface area contributed by atoms with Crippen LogP contribution in [0.1, 0.15) is 12.5 Å². The minimum absolute atomic E-state index is 0.0112. The van der Waals surface area contributed by atoms with Crippen LogP contribution in [0.3, 0.4) is 0 Å². The zero-order valence-corrected chi connectivity index (χ0v) is 9.80. The lowest BCUT2D eigenvalue weighted by Crippen LogP contribution is -1.97. The Hall–Kier alpha value is -0.740. The molecule has 0 aliphatic carbocycles. The summed E-state index contributed by atoms with van der Waals surface area (Å²) in [6.07, 6.45) is 0. The quantitative estimate of drug-likeness (QED) is 0.904. The van der Waals surface area contributed by atoms with Crippen LogP contribution in [0.4, 0.5) is 0 Å². The molecule has 1 aromatic rings. The van der Waals surface area contributed by atoms with Crippen molar-refractivity contribution in [1.29, 1.82) is 0 Å². The molecule has 0 unspecified atom stereocenters. The van der Waals surface area contributed by atoms with Crippen molar-refractivity contribution in [1.82, 2.24) is 0 Å². The minimum atomic E-state index is -0.0112. The standard InChI is InChI=1S/C10H13BrO3/c1-3-14-9-5-7(6-12)4-8(11)10(9)13-2/h4-5,12H,3,6H2,1-2H3. The van der Waals surface area contributed by atoms with Crippen molar-refractivity contribution in [3.05, 3.63) is 22.2 Å². The fourth-order valence-corrected chi connectivity index (χ4v) is 1.83. The topological polar surface area (TPSA) is 38.7 Å². The molecule has 0 aromatic heterocycles. The van der Waals surface area contributed by atoms with Gasteiger partial charge in [0.1, 0.15) is 0 Å². The average Bonchev–Trinajstić information content (AvgIpc) is 2.18. The molecule has 0 amide bonds. The smallest absolute Gasteiger partial charge is 0.174 e. The Kier molecular flexibility index (Phi) is 4.22. The summed E-state index contributed by atoms with van der Waals surface area (Å²) < 4.78 is 11.3. The van der Waals surface area contributed by atoms with E-state index in [0.717, 1.165) is 10.0 Å². The largest absolute Gasteiger partial charge is 0.492 e. The third-order valence-corrected chi connectivity index (χ3v) is 2.34. The summed E-state index contributed by atoms with van der Waals surface area (Å²) >= 11 is 3.35. The molecule has 0 spiro atoms. The van der Waals surface area contributed by atoms with Crippen molar-refractivity contribution < 1.29 is 14.6 Å². The Morgan fingerprint density at radius 1 is 1.43 bits per heavy atom. The molecule has 1 rings (SSSR count). The molecular formula is C10H13BrO3. The van der Waals surface area contributed by atoms with E-state index in [-0.39, 0.29) is 6.61 Å². The molecule has 0 aliphatic rings. The van der Waals surface area contributed by atoms with E-state index in [0.29, 0.717) is 18.1 Å². The van der Waals surface area contributed by atoms with Crippen molar-refractivity contribution in [2.75, 3.05) is 13.7 Å². The predicted molar refractivity (Wildman–Crippen MR) is 57.8 cm³/mol. The number of rotatable bonds is 4. The highest BCUT2D eigenvalue weighted by Gasteiger charge is 2.10. The van der Waals surface area contributed by atoms with Crippen LogP contribution in [0.15, 0.2) is 16.6 Å². The molecule has 0 bridgehead atoms. The molecular weight excluding hydrogens is 248 g/mol. The molecule has 1 aromatic carbocycles. The van der Waals surface area contributed by atoms with Crippen molar-refractivity contribution >= 4 is 15.9 Å². The normalized spacial score (nSPS) is 10.0. The van der Waals surface area contributed by atoms with E-state index in [1.54, 1.807) is 19.2 Å². The Labute approximate surface area is 91.8 Å². The van der Waals surface area contributed by atoms with Crippen LogP contribution < -0.4 is 9.47 Å². The first-order valence-corrected chi connectivity index (χ1v) is 5.12. The first-order chi connectivity index (χ1) is 6.72. The zero-order valence-electron chi connectivity index (χ0n) is 8.21. The lowest BCUT2D eigenvalue weighted by Gasteiger charge is -2.12. The number of halogens is 1. The number of benzene rings is 1. The second kappa shape index (κ2) is 5.22. The maximum absolute atomic E-state index is 9.00. The fourth-order valence-electron chi connectivity index (χ4n) is 1.17. The number of methoxy groups -OCH3 is 1. The molecule has 3 nitrogen and oxygen atoms in total. The minimum Gasteiger partial charge on any atom is -0.492 e. The Balaban J connectivity index is 3.13. The van der Waals surface area contributed by atoms with Crippen LogP contribution in [0.5, 0.6) is 11.5 Å². The summed E-state index contributed by atoms with van der Waals surface area (Å²) in [6, 6.07) is 3.58. The van der Waals surface area contributed by atoms with Crippen LogP contribution in [-0.4, -0.2) is 18.8 Å². The van der Waals surface area contributed by atoms with Crippen LogP contribution in [0, 0.1) is 0 Å². The summed E-state index contributed by atoms with van der Waals surface area (Å²) in [5, 5.41) is 9.00. The van der Waals surface area contributed by atoms with E-state index in [2.05, 4.69) is 15.9 Å². The first kappa shape index (κ1) is 11.3. The molecule has 4 heteroatoms. The molecule has 0 fully saturated rings. The highest BCUT2D eigenvalue weighted by atomic mass is 79.9. The van der Waals surface area contributed by atoms with Gasteiger partial charge >= 0.3 is 0 Å². The van der Waals surface area contributed by atoms with Gasteiger partial charge in [-0.25, -0.2) is 0 Å². The average molecular weight is 261 g/mol. The van der Waals surface area contributed by atoms with Gasteiger partial charge in [0.2, 0.25) is 0 Å². The lowest BCUT2D eigenvalue weighted by atomic mass is 10.2. The van der Waals surface area contributed by atoms with E-state index in [9.17, 15) is 0 Å². The number of aliphatic hydroxyl groups is 1. The van der Waals surface area contributed by atoms with Crippen LogP contribution in [0.25, 0.3) is 0 Å². The van der Waals surface area contributed by atoms with Gasteiger partial charge in [0, 0.05) is 0 Å². The monoisotopic (exact) mass is 260 g/mol. The van der Waals surface area contributed by atoms with Gasteiger partial charge in [0.15, 0.2) is 11.5 Å². The summed E-state index contributed by atoms with van der Waals surface area (Å²) in [5.74, 6) is 1.30. The third-order valence-electron chi connectivity index (χ3n) is 1.76. The Morgan fingerprint density at radius 3 is 2.64 bits per heavy atom. The lowest BCUT2D eigenvalue weighted by molar-refractivity contribution is 0.277. The summed E-state index contributed by atoms with van der Waals surface area (Å²) in [5.41, 5.74) is 0.793. The van der Waals surface area contributed by atoms with Gasteiger partial charge in [-0.15, -0.1) is 0 Å². The molecule has 0 heterocycles. The van der Waals surface area contributed by atoms with E-state index in [1.165, 1.54) is 0 Å². The second-order valence-corrected chi connectivity index (χ2v) is 3.55. The zero-order chi connectivity index (χ0) is 10.6. The van der Waals surface area contributed by atoms with Crippen molar-refractivity contribution in [2.45, 2.75) is 13.5 Å². The summed E-state index contributed by atoms with van der Waals surface area (Å²) in [4.78, 5) is 0. The van der Waals surface area contributed by atoms with E-state index in [4.69, 9.17) is 14.6 Å². The number of aliphatic hydroxyl groups excluding tert-OH is 1. The van der Waals surface area contributed by atoms with E-state index in [1.807, 2.05) is 6.92 Å². The molecule has 0 saturated heterocycles. The predicted octanol–water partition coefficient (Wildman–Crippen LogP) is 2.35. The van der Waals surface area contributed by atoms with Gasteiger partial charge in [-0.3, -0.25) is 0 Å². The first-order valence-electron chi connectivity index (χ1n) is 4.33. The number of ether oxygens (including phenoxy) is 2. The molecule has 0 radical (unpaired) electrons. The van der Waals surface area contributed by atoms with E-state index < -0.39 is 0 Å². The maximum Gasteiger partial charge on any atom is 0.174 e. The van der Waals surface area contributed by atoms with Crippen molar-refractivity contribution in [3.8, 4) is 11.5 Å². The molecule has 0 saturated carbocycles. The molecule has 78 valence electrons. The Bertz CT molecular complexity index is 312. The number of hydrogen-bond donors (Lipinski definition) is 1. The molecule has 0 aliphatic heterocycles. The maximum atomic E-state index is 9.00. The molecule has 0 atom stereocenters. The second-order valence-electron chi connectivity index (χ2n) is 2.70. The van der Waals surface area contributed by atoms with Gasteiger partial charge in [-0.05, 0) is 40.5 Å².